The standard InChI is InChI=1S/C22H25NO/c1-16-12-21(24-2)10-11-22(16)18-13-19-8-9-20(14-18)23(19)15-17-6-4-3-5-7-17/h3-7,10-13,19-20H,8-9,14-15H2,1-2H3. The summed E-state index contributed by atoms with van der Waals surface area (Å²) in [5.41, 5.74) is 5.66. The normalized spacial score (nSPS) is 23.2. The fraction of sp³-hybridized carbons (Fsp3) is 0.364. The smallest absolute Gasteiger partial charge is 0.119 e. The lowest BCUT2D eigenvalue weighted by atomic mass is 9.91. The van der Waals surface area contributed by atoms with Crippen LogP contribution in [0.4, 0.5) is 0 Å². The fourth-order valence-corrected chi connectivity index (χ4v) is 4.28. The number of nitrogens with zero attached hydrogens (tertiary/aromatic N) is 1. The third-order valence-corrected chi connectivity index (χ3v) is 5.53. The van der Waals surface area contributed by atoms with Gasteiger partial charge < -0.3 is 4.74 Å². The van der Waals surface area contributed by atoms with Gasteiger partial charge in [0.05, 0.1) is 7.11 Å². The predicted molar refractivity (Wildman–Crippen MR) is 99.1 cm³/mol. The number of fused-ring (bicyclic) bond motifs is 2. The van der Waals surface area contributed by atoms with E-state index in [1.165, 1.54) is 35.1 Å². The third kappa shape index (κ3) is 2.87. The monoisotopic (exact) mass is 319 g/mol. The molecule has 2 nitrogen and oxygen atoms in total. The molecule has 0 amide bonds. The molecule has 0 saturated carbocycles. The number of methoxy groups -OCH3 is 1. The van der Waals surface area contributed by atoms with Crippen LogP contribution in [-0.4, -0.2) is 24.1 Å². The molecule has 0 radical (unpaired) electrons. The first-order valence-electron chi connectivity index (χ1n) is 8.90. The average molecular weight is 319 g/mol. The van der Waals surface area contributed by atoms with Gasteiger partial charge in [-0.2, -0.15) is 0 Å². The van der Waals surface area contributed by atoms with Crippen molar-refractivity contribution in [3.8, 4) is 5.75 Å². The summed E-state index contributed by atoms with van der Waals surface area (Å²) >= 11 is 0. The Morgan fingerprint density at radius 1 is 1.08 bits per heavy atom. The summed E-state index contributed by atoms with van der Waals surface area (Å²) in [6, 6.07) is 18.6. The molecule has 1 saturated heterocycles. The maximum absolute atomic E-state index is 5.35. The lowest BCUT2D eigenvalue weighted by Gasteiger charge is -2.34. The maximum atomic E-state index is 5.35. The van der Waals surface area contributed by atoms with E-state index in [0.29, 0.717) is 12.1 Å². The van der Waals surface area contributed by atoms with Crippen LogP contribution in [0, 0.1) is 6.92 Å². The second-order valence-electron chi connectivity index (χ2n) is 7.03. The van der Waals surface area contributed by atoms with Gasteiger partial charge in [0.15, 0.2) is 0 Å². The zero-order chi connectivity index (χ0) is 16.5. The molecule has 0 N–H and O–H groups in total. The van der Waals surface area contributed by atoms with Crippen LogP contribution in [0.2, 0.25) is 0 Å². The van der Waals surface area contributed by atoms with Gasteiger partial charge in [0.1, 0.15) is 5.75 Å². The molecule has 0 spiro atoms. The van der Waals surface area contributed by atoms with Crippen molar-refractivity contribution < 1.29 is 4.74 Å². The number of rotatable bonds is 4. The highest BCUT2D eigenvalue weighted by Gasteiger charge is 2.36. The largest absolute Gasteiger partial charge is 0.497 e. The van der Waals surface area contributed by atoms with Crippen LogP contribution in [0.3, 0.4) is 0 Å². The lowest BCUT2D eigenvalue weighted by Crippen LogP contribution is -2.37. The Kier molecular flexibility index (Phi) is 4.15. The van der Waals surface area contributed by atoms with Crippen LogP contribution >= 0.6 is 0 Å². The number of hydrogen-bond acceptors (Lipinski definition) is 2. The molecule has 124 valence electrons. The number of hydrogen-bond donors (Lipinski definition) is 0. The molecule has 2 aliphatic heterocycles. The summed E-state index contributed by atoms with van der Waals surface area (Å²) in [5, 5.41) is 0. The Morgan fingerprint density at radius 2 is 1.92 bits per heavy atom. The zero-order valence-corrected chi connectivity index (χ0v) is 14.5. The van der Waals surface area contributed by atoms with E-state index in [4.69, 9.17) is 4.74 Å². The molecule has 2 bridgehead atoms. The molecule has 2 aromatic carbocycles. The Morgan fingerprint density at radius 3 is 2.62 bits per heavy atom. The first-order valence-corrected chi connectivity index (χ1v) is 8.90. The minimum absolute atomic E-state index is 0.584. The SMILES string of the molecule is COc1ccc(C2=CC3CCC(C2)N3Cc2ccccc2)c(C)c1. The Balaban J connectivity index is 1.58. The molecule has 2 aliphatic rings. The summed E-state index contributed by atoms with van der Waals surface area (Å²) in [6.45, 7) is 3.26. The molecule has 2 heterocycles. The fourth-order valence-electron chi connectivity index (χ4n) is 4.28. The highest BCUT2D eigenvalue weighted by Crippen LogP contribution is 2.40. The second kappa shape index (κ2) is 6.45. The van der Waals surface area contributed by atoms with E-state index in [2.05, 4.69) is 66.4 Å². The van der Waals surface area contributed by atoms with Crippen molar-refractivity contribution in [3.05, 3.63) is 71.3 Å². The highest BCUT2D eigenvalue weighted by molar-refractivity contribution is 5.71. The van der Waals surface area contributed by atoms with Gasteiger partial charge in [0, 0.05) is 18.6 Å². The van der Waals surface area contributed by atoms with Gasteiger partial charge in [-0.1, -0.05) is 42.5 Å². The maximum Gasteiger partial charge on any atom is 0.119 e. The van der Waals surface area contributed by atoms with Crippen LogP contribution in [0.15, 0.2) is 54.6 Å². The topological polar surface area (TPSA) is 12.5 Å². The van der Waals surface area contributed by atoms with Gasteiger partial charge in [-0.3, -0.25) is 4.90 Å². The molecule has 4 rings (SSSR count). The Bertz CT molecular complexity index is 750. The second-order valence-corrected chi connectivity index (χ2v) is 7.03. The Hall–Kier alpha value is -2.06. The van der Waals surface area contributed by atoms with Gasteiger partial charge in [0.2, 0.25) is 0 Å². The number of aryl methyl sites for hydroxylation is 1. The summed E-state index contributed by atoms with van der Waals surface area (Å²) in [6.07, 6.45) is 6.28. The van der Waals surface area contributed by atoms with Gasteiger partial charge in [-0.15, -0.1) is 0 Å². The van der Waals surface area contributed by atoms with Crippen molar-refractivity contribution in [2.24, 2.45) is 0 Å². The first kappa shape index (κ1) is 15.5. The van der Waals surface area contributed by atoms with Gasteiger partial charge in [0.25, 0.3) is 0 Å². The summed E-state index contributed by atoms with van der Waals surface area (Å²) in [7, 11) is 1.73. The van der Waals surface area contributed by atoms with E-state index in [0.717, 1.165) is 18.7 Å². The van der Waals surface area contributed by atoms with E-state index in [-0.39, 0.29) is 0 Å². The van der Waals surface area contributed by atoms with E-state index in [1.54, 1.807) is 7.11 Å². The van der Waals surface area contributed by atoms with Crippen molar-refractivity contribution in [1.29, 1.82) is 0 Å². The van der Waals surface area contributed by atoms with E-state index >= 15 is 0 Å². The molecule has 24 heavy (non-hydrogen) atoms. The van der Waals surface area contributed by atoms with Crippen molar-refractivity contribution >= 4 is 5.57 Å². The number of benzene rings is 2. The quantitative estimate of drug-likeness (QED) is 0.801. The Labute approximate surface area is 144 Å². The molecule has 2 atom stereocenters. The van der Waals surface area contributed by atoms with Crippen LogP contribution in [0.1, 0.15) is 36.0 Å². The molecule has 1 fully saturated rings. The molecule has 2 unspecified atom stereocenters. The van der Waals surface area contributed by atoms with Crippen molar-refractivity contribution in [2.75, 3.05) is 7.11 Å². The summed E-state index contributed by atoms with van der Waals surface area (Å²) in [4.78, 5) is 2.69. The molecule has 2 heteroatoms. The van der Waals surface area contributed by atoms with Crippen molar-refractivity contribution in [1.82, 2.24) is 4.90 Å². The highest BCUT2D eigenvalue weighted by atomic mass is 16.5. The minimum Gasteiger partial charge on any atom is -0.497 e. The molecule has 0 aliphatic carbocycles. The molecular formula is C22H25NO. The van der Waals surface area contributed by atoms with Gasteiger partial charge >= 0.3 is 0 Å². The number of ether oxygens (including phenoxy) is 1. The van der Waals surface area contributed by atoms with E-state index in [9.17, 15) is 0 Å². The van der Waals surface area contributed by atoms with E-state index in [1.807, 2.05) is 0 Å². The third-order valence-electron chi connectivity index (χ3n) is 5.53. The molecule has 2 aromatic rings. The van der Waals surface area contributed by atoms with Crippen LogP contribution in [-0.2, 0) is 6.54 Å². The molecular weight excluding hydrogens is 294 g/mol. The van der Waals surface area contributed by atoms with Crippen LogP contribution in [0.5, 0.6) is 5.75 Å². The van der Waals surface area contributed by atoms with Crippen LogP contribution < -0.4 is 4.74 Å². The van der Waals surface area contributed by atoms with Gasteiger partial charge in [-0.05, 0) is 60.6 Å². The lowest BCUT2D eigenvalue weighted by molar-refractivity contribution is 0.203. The summed E-state index contributed by atoms with van der Waals surface area (Å²) < 4.78 is 5.35. The van der Waals surface area contributed by atoms with Crippen molar-refractivity contribution in [3.63, 3.8) is 0 Å². The minimum atomic E-state index is 0.584. The molecule has 0 aromatic heterocycles. The van der Waals surface area contributed by atoms with Crippen molar-refractivity contribution in [2.45, 2.75) is 44.8 Å². The zero-order valence-electron chi connectivity index (χ0n) is 14.5. The van der Waals surface area contributed by atoms with E-state index < -0.39 is 0 Å². The van der Waals surface area contributed by atoms with Crippen LogP contribution in [0.25, 0.3) is 5.57 Å². The van der Waals surface area contributed by atoms with Gasteiger partial charge in [-0.25, -0.2) is 0 Å². The average Bonchev–Trinajstić information content (AvgIpc) is 2.84. The first-order chi connectivity index (χ1) is 11.7. The summed E-state index contributed by atoms with van der Waals surface area (Å²) in [5.74, 6) is 0.946. The predicted octanol–water partition coefficient (Wildman–Crippen LogP) is 4.82.